The maximum absolute atomic E-state index is 12.5. The largest absolute Gasteiger partial charge is 0.385 e. The van der Waals surface area contributed by atoms with Crippen LogP contribution in [-0.2, 0) is 17.1 Å². The second kappa shape index (κ2) is 5.72. The average molecular weight is 309 g/mol. The van der Waals surface area contributed by atoms with Crippen LogP contribution in [0.4, 0.5) is 11.6 Å². The maximum atomic E-state index is 12.5. The van der Waals surface area contributed by atoms with E-state index in [0.717, 1.165) is 12.2 Å². The fourth-order valence-electron chi connectivity index (χ4n) is 2.24. The molecule has 0 unspecified atom stereocenters. The van der Waals surface area contributed by atoms with Crippen molar-refractivity contribution < 1.29 is 8.42 Å². The van der Waals surface area contributed by atoms with E-state index in [9.17, 15) is 8.42 Å². The molecule has 0 aliphatic carbocycles. The normalized spacial score (nSPS) is 11.4. The molecule has 2 N–H and O–H groups in total. The van der Waals surface area contributed by atoms with Crippen LogP contribution >= 0.6 is 0 Å². The lowest BCUT2D eigenvalue weighted by Gasteiger charge is -2.14. The molecular formula is C13H19N5O2S. The summed E-state index contributed by atoms with van der Waals surface area (Å²) in [7, 11) is -2.08. The molecule has 0 saturated carbocycles. The minimum atomic E-state index is -3.70. The van der Waals surface area contributed by atoms with Gasteiger partial charge in [-0.25, -0.2) is 17.8 Å². The number of benzene rings is 1. The molecule has 0 saturated heterocycles. The first-order valence-corrected chi connectivity index (χ1v) is 8.05. The Hall–Kier alpha value is -2.09. The number of aromatic nitrogens is 3. The van der Waals surface area contributed by atoms with Gasteiger partial charge < -0.3 is 5.32 Å². The minimum Gasteiger partial charge on any atom is -0.385 e. The van der Waals surface area contributed by atoms with Gasteiger partial charge in [0.05, 0.1) is 4.90 Å². The van der Waals surface area contributed by atoms with Gasteiger partial charge in [-0.2, -0.15) is 10.1 Å². The highest BCUT2D eigenvalue weighted by molar-refractivity contribution is 7.92. The summed E-state index contributed by atoms with van der Waals surface area (Å²) in [6.45, 7) is 6.32. The zero-order valence-electron chi connectivity index (χ0n) is 12.5. The standard InChI is InChI=1S/C13H19N5O2S/c1-5-14-11-6-9(2)12(10(3)7-11)21(19,20)17-13-15-8-16-18(13)4/h6-8,14H,5H2,1-4H3,(H,15,16,17). The summed E-state index contributed by atoms with van der Waals surface area (Å²) < 4.78 is 28.9. The molecule has 7 nitrogen and oxygen atoms in total. The molecule has 21 heavy (non-hydrogen) atoms. The summed E-state index contributed by atoms with van der Waals surface area (Å²) in [5, 5.41) is 7.03. The van der Waals surface area contributed by atoms with Crippen molar-refractivity contribution in [3.63, 3.8) is 0 Å². The highest BCUT2D eigenvalue weighted by Crippen LogP contribution is 2.25. The van der Waals surface area contributed by atoms with E-state index in [1.54, 1.807) is 20.9 Å². The predicted molar refractivity (Wildman–Crippen MR) is 81.9 cm³/mol. The topological polar surface area (TPSA) is 88.9 Å². The Morgan fingerprint density at radius 1 is 1.24 bits per heavy atom. The Morgan fingerprint density at radius 2 is 1.86 bits per heavy atom. The molecule has 0 spiro atoms. The van der Waals surface area contributed by atoms with E-state index in [4.69, 9.17) is 0 Å². The third-order valence-electron chi connectivity index (χ3n) is 3.05. The summed E-state index contributed by atoms with van der Waals surface area (Å²) in [4.78, 5) is 4.15. The molecule has 0 fully saturated rings. The Morgan fingerprint density at radius 3 is 2.33 bits per heavy atom. The smallest absolute Gasteiger partial charge is 0.264 e. The molecule has 2 rings (SSSR count). The summed E-state index contributed by atoms with van der Waals surface area (Å²) in [6, 6.07) is 3.64. The van der Waals surface area contributed by atoms with Crippen molar-refractivity contribution in [1.82, 2.24) is 14.8 Å². The van der Waals surface area contributed by atoms with E-state index in [0.29, 0.717) is 11.1 Å². The van der Waals surface area contributed by atoms with E-state index < -0.39 is 10.0 Å². The van der Waals surface area contributed by atoms with Gasteiger partial charge in [0.25, 0.3) is 10.0 Å². The summed E-state index contributed by atoms with van der Waals surface area (Å²) >= 11 is 0. The highest BCUT2D eigenvalue weighted by atomic mass is 32.2. The van der Waals surface area contributed by atoms with E-state index in [-0.39, 0.29) is 10.8 Å². The number of hydrogen-bond acceptors (Lipinski definition) is 5. The maximum Gasteiger partial charge on any atom is 0.264 e. The van der Waals surface area contributed by atoms with Crippen molar-refractivity contribution in [2.75, 3.05) is 16.6 Å². The van der Waals surface area contributed by atoms with Gasteiger partial charge in [-0.15, -0.1) is 0 Å². The van der Waals surface area contributed by atoms with E-state index >= 15 is 0 Å². The molecule has 0 amide bonds. The first-order valence-electron chi connectivity index (χ1n) is 6.57. The lowest BCUT2D eigenvalue weighted by atomic mass is 10.1. The molecule has 0 aliphatic rings. The van der Waals surface area contributed by atoms with Crippen LogP contribution in [0.2, 0.25) is 0 Å². The monoisotopic (exact) mass is 309 g/mol. The molecule has 0 bridgehead atoms. The quantitative estimate of drug-likeness (QED) is 0.877. The molecule has 1 aromatic carbocycles. The van der Waals surface area contributed by atoms with Crippen molar-refractivity contribution in [2.45, 2.75) is 25.7 Å². The minimum absolute atomic E-state index is 0.185. The SMILES string of the molecule is CCNc1cc(C)c(S(=O)(=O)Nc2ncnn2C)c(C)c1. The Balaban J connectivity index is 2.43. The van der Waals surface area contributed by atoms with Crippen LogP contribution in [0.5, 0.6) is 0 Å². The number of nitrogens with one attached hydrogen (secondary N) is 2. The fraction of sp³-hybridized carbons (Fsp3) is 0.385. The Bertz CT molecular complexity index is 729. The molecule has 0 radical (unpaired) electrons. The van der Waals surface area contributed by atoms with Crippen LogP contribution in [0.25, 0.3) is 0 Å². The lowest BCUT2D eigenvalue weighted by molar-refractivity contribution is 0.599. The van der Waals surface area contributed by atoms with Gasteiger partial charge in [-0.3, -0.25) is 0 Å². The van der Waals surface area contributed by atoms with Crippen LogP contribution in [0, 0.1) is 13.8 Å². The van der Waals surface area contributed by atoms with Gasteiger partial charge >= 0.3 is 0 Å². The van der Waals surface area contributed by atoms with Crippen LogP contribution in [0.3, 0.4) is 0 Å². The number of aryl methyl sites for hydroxylation is 3. The molecule has 1 heterocycles. The number of nitrogens with zero attached hydrogens (tertiary/aromatic N) is 3. The summed E-state index contributed by atoms with van der Waals surface area (Å²) in [5.41, 5.74) is 2.27. The summed E-state index contributed by atoms with van der Waals surface area (Å²) in [5.74, 6) is 0.185. The predicted octanol–water partition coefficient (Wildman–Crippen LogP) is 1.66. The van der Waals surface area contributed by atoms with Crippen LogP contribution in [-0.4, -0.2) is 29.7 Å². The van der Waals surface area contributed by atoms with Gasteiger partial charge in [0.1, 0.15) is 6.33 Å². The van der Waals surface area contributed by atoms with Gasteiger partial charge in [-0.1, -0.05) is 0 Å². The molecule has 1 aromatic heterocycles. The molecule has 0 atom stereocenters. The van der Waals surface area contributed by atoms with E-state index in [1.165, 1.54) is 11.0 Å². The first kappa shape index (κ1) is 15.3. The van der Waals surface area contributed by atoms with Crippen molar-refractivity contribution in [1.29, 1.82) is 0 Å². The molecule has 8 heteroatoms. The van der Waals surface area contributed by atoms with Gasteiger partial charge in [0.2, 0.25) is 5.95 Å². The van der Waals surface area contributed by atoms with Crippen LogP contribution < -0.4 is 10.0 Å². The van der Waals surface area contributed by atoms with Crippen LogP contribution in [0.1, 0.15) is 18.1 Å². The van der Waals surface area contributed by atoms with Crippen molar-refractivity contribution in [3.8, 4) is 0 Å². The zero-order chi connectivity index (χ0) is 15.6. The van der Waals surface area contributed by atoms with Gasteiger partial charge in [-0.05, 0) is 44.0 Å². The van der Waals surface area contributed by atoms with Gasteiger partial charge in [0.15, 0.2) is 0 Å². The number of rotatable bonds is 5. The fourth-order valence-corrected chi connectivity index (χ4v) is 3.73. The number of anilines is 2. The van der Waals surface area contributed by atoms with Crippen LogP contribution in [0.15, 0.2) is 23.4 Å². The Kier molecular flexibility index (Phi) is 4.17. The molecule has 114 valence electrons. The first-order chi connectivity index (χ1) is 9.85. The summed E-state index contributed by atoms with van der Waals surface area (Å²) in [6.07, 6.45) is 1.30. The molecular weight excluding hydrogens is 290 g/mol. The second-order valence-electron chi connectivity index (χ2n) is 4.78. The Labute approximate surface area is 124 Å². The van der Waals surface area contributed by atoms with E-state index in [1.807, 2.05) is 19.1 Å². The second-order valence-corrected chi connectivity index (χ2v) is 6.40. The third-order valence-corrected chi connectivity index (χ3v) is 4.68. The highest BCUT2D eigenvalue weighted by Gasteiger charge is 2.22. The lowest BCUT2D eigenvalue weighted by Crippen LogP contribution is -2.18. The van der Waals surface area contributed by atoms with Gasteiger partial charge in [0, 0.05) is 19.3 Å². The third kappa shape index (κ3) is 3.15. The molecule has 2 aromatic rings. The van der Waals surface area contributed by atoms with Crippen molar-refractivity contribution >= 4 is 21.7 Å². The van der Waals surface area contributed by atoms with Crippen molar-refractivity contribution in [3.05, 3.63) is 29.6 Å². The molecule has 0 aliphatic heterocycles. The number of sulfonamides is 1. The zero-order valence-corrected chi connectivity index (χ0v) is 13.3. The van der Waals surface area contributed by atoms with E-state index in [2.05, 4.69) is 20.1 Å². The number of hydrogen-bond donors (Lipinski definition) is 2. The van der Waals surface area contributed by atoms with Crippen molar-refractivity contribution in [2.24, 2.45) is 7.05 Å². The average Bonchev–Trinajstić information content (AvgIpc) is 2.73.